The number of nitrogens with zero attached hydrogens (tertiary/aromatic N) is 1. The van der Waals surface area contributed by atoms with Crippen LogP contribution in [0.25, 0.3) is 0 Å². The van der Waals surface area contributed by atoms with Crippen LogP contribution in [0.2, 0.25) is 0 Å². The summed E-state index contributed by atoms with van der Waals surface area (Å²) in [4.78, 5) is 9.96. The van der Waals surface area contributed by atoms with E-state index >= 15 is 0 Å². The second-order valence-corrected chi connectivity index (χ2v) is 2.82. The second kappa shape index (κ2) is 4.42. The molecule has 0 aliphatic heterocycles. The van der Waals surface area contributed by atoms with Crippen molar-refractivity contribution in [2.24, 2.45) is 0 Å². The third kappa shape index (κ3) is 2.44. The molecule has 0 saturated carbocycles. The molecule has 0 saturated heterocycles. The van der Waals surface area contributed by atoms with Gasteiger partial charge in [0.2, 0.25) is 5.75 Å². The summed E-state index contributed by atoms with van der Waals surface area (Å²) in [5, 5.41) is 10.6. The van der Waals surface area contributed by atoms with Gasteiger partial charge in [-0.1, -0.05) is 5.92 Å². The molecule has 0 aliphatic rings. The Morgan fingerprint density at radius 1 is 1.67 bits per heavy atom. The monoisotopic (exact) mass is 209 g/mol. The fraction of sp³-hybridized carbons (Fsp3) is 0.200. The van der Waals surface area contributed by atoms with Gasteiger partial charge in [-0.2, -0.15) is 0 Å². The Hall–Kier alpha value is -2.09. The number of nitro groups is 1. The van der Waals surface area contributed by atoms with Crippen LogP contribution in [0.4, 0.5) is 10.1 Å². The molecule has 0 bridgehead atoms. The number of ether oxygens (including phenoxy) is 1. The van der Waals surface area contributed by atoms with Crippen LogP contribution in [-0.4, -0.2) is 11.5 Å². The van der Waals surface area contributed by atoms with Gasteiger partial charge in [0.05, 0.1) is 4.92 Å². The van der Waals surface area contributed by atoms with Crippen molar-refractivity contribution in [2.45, 2.75) is 6.92 Å². The Kier molecular flexibility index (Phi) is 3.24. The van der Waals surface area contributed by atoms with Gasteiger partial charge in [0, 0.05) is 12.1 Å². The summed E-state index contributed by atoms with van der Waals surface area (Å²) in [6.07, 6.45) is 4.93. The Morgan fingerprint density at radius 3 is 2.87 bits per heavy atom. The molecule has 0 spiro atoms. The van der Waals surface area contributed by atoms with Crippen LogP contribution >= 0.6 is 0 Å². The van der Waals surface area contributed by atoms with Crippen molar-refractivity contribution >= 4 is 5.69 Å². The number of aryl methyl sites for hydroxylation is 1. The Bertz CT molecular complexity index is 437. The van der Waals surface area contributed by atoms with Crippen molar-refractivity contribution in [2.75, 3.05) is 6.61 Å². The second-order valence-electron chi connectivity index (χ2n) is 2.82. The lowest BCUT2D eigenvalue weighted by Gasteiger charge is -2.04. The molecule has 0 aromatic heterocycles. The zero-order valence-electron chi connectivity index (χ0n) is 7.99. The molecule has 0 atom stereocenters. The van der Waals surface area contributed by atoms with Crippen molar-refractivity contribution in [3.8, 4) is 18.1 Å². The molecule has 0 heterocycles. The largest absolute Gasteiger partial charge is 0.474 e. The standard InChI is InChI=1S/C10H8FNO3/c1-3-4-15-10-6-8(11)7(2)5-9(10)12(13)14/h1,5-6H,4H2,2H3. The van der Waals surface area contributed by atoms with Crippen LogP contribution in [0.1, 0.15) is 5.56 Å². The predicted molar refractivity (Wildman–Crippen MR) is 52.1 cm³/mol. The molecule has 0 amide bonds. The van der Waals surface area contributed by atoms with E-state index in [0.29, 0.717) is 0 Å². The summed E-state index contributed by atoms with van der Waals surface area (Å²) < 4.78 is 18.0. The number of benzene rings is 1. The lowest BCUT2D eigenvalue weighted by Crippen LogP contribution is -2.00. The topological polar surface area (TPSA) is 52.4 Å². The molecule has 0 aliphatic carbocycles. The minimum Gasteiger partial charge on any atom is -0.474 e. The number of hydrogen-bond acceptors (Lipinski definition) is 3. The van der Waals surface area contributed by atoms with Crippen LogP contribution < -0.4 is 4.74 Å². The highest BCUT2D eigenvalue weighted by Gasteiger charge is 2.17. The highest BCUT2D eigenvalue weighted by molar-refractivity contribution is 5.49. The molecule has 0 N–H and O–H groups in total. The van der Waals surface area contributed by atoms with E-state index in [1.165, 1.54) is 6.92 Å². The van der Waals surface area contributed by atoms with E-state index in [2.05, 4.69) is 5.92 Å². The molecule has 1 aromatic rings. The molecule has 4 nitrogen and oxygen atoms in total. The van der Waals surface area contributed by atoms with Crippen LogP contribution in [0.15, 0.2) is 12.1 Å². The molecule has 0 unspecified atom stereocenters. The SMILES string of the molecule is C#CCOc1cc(F)c(C)cc1[N+](=O)[O-]. The average molecular weight is 209 g/mol. The average Bonchev–Trinajstić information content (AvgIpc) is 2.19. The Labute approximate surface area is 85.8 Å². The summed E-state index contributed by atoms with van der Waals surface area (Å²) in [7, 11) is 0. The van der Waals surface area contributed by atoms with Gasteiger partial charge < -0.3 is 4.74 Å². The highest BCUT2D eigenvalue weighted by atomic mass is 19.1. The maximum atomic E-state index is 13.1. The fourth-order valence-corrected chi connectivity index (χ4v) is 1.03. The zero-order valence-corrected chi connectivity index (χ0v) is 7.99. The summed E-state index contributed by atoms with van der Waals surface area (Å²) in [5.74, 6) is 1.43. The summed E-state index contributed by atoms with van der Waals surface area (Å²) in [6.45, 7) is 1.30. The summed E-state index contributed by atoms with van der Waals surface area (Å²) in [5.41, 5.74) is -0.0982. The van der Waals surface area contributed by atoms with Crippen LogP contribution in [0, 0.1) is 35.2 Å². The molecule has 1 aromatic carbocycles. The maximum absolute atomic E-state index is 13.1. The minimum atomic E-state index is -0.641. The number of nitro benzene ring substituents is 1. The van der Waals surface area contributed by atoms with E-state index in [9.17, 15) is 14.5 Å². The first-order chi connectivity index (χ1) is 7.06. The van der Waals surface area contributed by atoms with Crippen LogP contribution in [-0.2, 0) is 0 Å². The third-order valence-corrected chi connectivity index (χ3v) is 1.75. The van der Waals surface area contributed by atoms with Gasteiger partial charge in [0.25, 0.3) is 0 Å². The van der Waals surface area contributed by atoms with Crippen molar-refractivity contribution < 1.29 is 14.1 Å². The number of hydrogen-bond donors (Lipinski definition) is 0. The quantitative estimate of drug-likeness (QED) is 0.435. The molecule has 1 rings (SSSR count). The van der Waals surface area contributed by atoms with Gasteiger partial charge in [0.15, 0.2) is 0 Å². The summed E-state index contributed by atoms with van der Waals surface area (Å²) in [6, 6.07) is 2.08. The van der Waals surface area contributed by atoms with Crippen LogP contribution in [0.3, 0.4) is 0 Å². The van der Waals surface area contributed by atoms with Crippen molar-refractivity contribution in [3.05, 3.63) is 33.6 Å². The highest BCUT2D eigenvalue weighted by Crippen LogP contribution is 2.29. The first-order valence-electron chi connectivity index (χ1n) is 4.07. The smallest absolute Gasteiger partial charge is 0.311 e. The zero-order chi connectivity index (χ0) is 11.4. The molecule has 5 heteroatoms. The normalized spacial score (nSPS) is 9.40. The van der Waals surface area contributed by atoms with Gasteiger partial charge in [-0.05, 0) is 12.5 Å². The lowest BCUT2D eigenvalue weighted by molar-refractivity contribution is -0.385. The fourth-order valence-electron chi connectivity index (χ4n) is 1.03. The minimum absolute atomic E-state index is 0.136. The lowest BCUT2D eigenvalue weighted by atomic mass is 10.2. The van der Waals surface area contributed by atoms with E-state index in [1.54, 1.807) is 0 Å². The predicted octanol–water partition coefficient (Wildman–Crippen LogP) is 2.05. The van der Waals surface area contributed by atoms with Gasteiger partial charge in [-0.25, -0.2) is 4.39 Å². The van der Waals surface area contributed by atoms with E-state index in [4.69, 9.17) is 11.2 Å². The number of halogens is 1. The molecular weight excluding hydrogens is 201 g/mol. The Morgan fingerprint density at radius 2 is 2.33 bits per heavy atom. The van der Waals surface area contributed by atoms with Crippen LogP contribution in [0.5, 0.6) is 5.75 Å². The van der Waals surface area contributed by atoms with E-state index in [0.717, 1.165) is 12.1 Å². The van der Waals surface area contributed by atoms with E-state index in [-0.39, 0.29) is 23.6 Å². The van der Waals surface area contributed by atoms with E-state index in [1.807, 2.05) is 0 Å². The first kappa shape index (κ1) is 11.0. The Balaban J connectivity index is 3.17. The summed E-state index contributed by atoms with van der Waals surface area (Å²) >= 11 is 0. The number of rotatable bonds is 3. The van der Waals surface area contributed by atoms with Crippen molar-refractivity contribution in [1.82, 2.24) is 0 Å². The van der Waals surface area contributed by atoms with Gasteiger partial charge in [-0.15, -0.1) is 6.42 Å². The van der Waals surface area contributed by atoms with E-state index < -0.39 is 10.7 Å². The van der Waals surface area contributed by atoms with Crippen molar-refractivity contribution in [3.63, 3.8) is 0 Å². The van der Waals surface area contributed by atoms with Crippen molar-refractivity contribution in [1.29, 1.82) is 0 Å². The number of terminal acetylenes is 1. The molecule has 78 valence electrons. The first-order valence-corrected chi connectivity index (χ1v) is 4.07. The maximum Gasteiger partial charge on any atom is 0.311 e. The van der Waals surface area contributed by atoms with Gasteiger partial charge >= 0.3 is 5.69 Å². The third-order valence-electron chi connectivity index (χ3n) is 1.75. The van der Waals surface area contributed by atoms with Gasteiger partial charge in [0.1, 0.15) is 12.4 Å². The molecule has 0 radical (unpaired) electrons. The molecule has 0 fully saturated rings. The van der Waals surface area contributed by atoms with Gasteiger partial charge in [-0.3, -0.25) is 10.1 Å². The molecule has 15 heavy (non-hydrogen) atoms. The molecular formula is C10H8FNO3.